The van der Waals surface area contributed by atoms with Crippen LogP contribution in [0.15, 0.2) is 18.2 Å². The first-order valence-electron chi connectivity index (χ1n) is 4.94. The van der Waals surface area contributed by atoms with Gasteiger partial charge in [-0.1, -0.05) is 29.3 Å². The van der Waals surface area contributed by atoms with Gasteiger partial charge in [-0.3, -0.25) is 9.59 Å². The molecule has 0 saturated heterocycles. The van der Waals surface area contributed by atoms with Gasteiger partial charge in [0, 0.05) is 7.05 Å². The Morgan fingerprint density at radius 2 is 1.88 bits per heavy atom. The van der Waals surface area contributed by atoms with Crippen molar-refractivity contribution in [2.75, 3.05) is 13.6 Å². The first-order valence-corrected chi connectivity index (χ1v) is 5.69. The van der Waals surface area contributed by atoms with Crippen molar-refractivity contribution in [3.63, 3.8) is 0 Å². The summed E-state index contributed by atoms with van der Waals surface area (Å²) < 4.78 is 0. The van der Waals surface area contributed by atoms with Gasteiger partial charge in [0.1, 0.15) is 0 Å². The second kappa shape index (κ2) is 6.47. The molecule has 0 aliphatic heterocycles. The van der Waals surface area contributed by atoms with Crippen molar-refractivity contribution < 1.29 is 9.59 Å². The molecule has 0 bridgehead atoms. The molecule has 2 N–H and O–H groups in total. The van der Waals surface area contributed by atoms with Crippen LogP contribution >= 0.6 is 23.2 Å². The lowest BCUT2D eigenvalue weighted by Gasteiger charge is -2.05. The molecule has 17 heavy (non-hydrogen) atoms. The highest BCUT2D eigenvalue weighted by atomic mass is 35.5. The number of halogens is 2. The summed E-state index contributed by atoms with van der Waals surface area (Å²) in [6, 6.07) is 4.97. The monoisotopic (exact) mass is 274 g/mol. The van der Waals surface area contributed by atoms with E-state index in [9.17, 15) is 9.59 Å². The van der Waals surface area contributed by atoms with Crippen LogP contribution in [0.3, 0.4) is 0 Å². The maximum absolute atomic E-state index is 11.5. The van der Waals surface area contributed by atoms with Crippen LogP contribution in [-0.4, -0.2) is 25.4 Å². The molecule has 0 aromatic heterocycles. The van der Waals surface area contributed by atoms with Crippen LogP contribution in [-0.2, 0) is 16.0 Å². The highest BCUT2D eigenvalue weighted by molar-refractivity contribution is 6.42. The van der Waals surface area contributed by atoms with E-state index in [0.717, 1.165) is 5.56 Å². The quantitative estimate of drug-likeness (QED) is 0.872. The van der Waals surface area contributed by atoms with Gasteiger partial charge in [-0.2, -0.15) is 0 Å². The van der Waals surface area contributed by atoms with Gasteiger partial charge >= 0.3 is 0 Å². The smallest absolute Gasteiger partial charge is 0.239 e. The van der Waals surface area contributed by atoms with E-state index in [2.05, 4.69) is 10.6 Å². The van der Waals surface area contributed by atoms with E-state index in [1.54, 1.807) is 18.2 Å². The van der Waals surface area contributed by atoms with Gasteiger partial charge in [-0.25, -0.2) is 0 Å². The molecule has 4 nitrogen and oxygen atoms in total. The number of hydrogen-bond acceptors (Lipinski definition) is 2. The van der Waals surface area contributed by atoms with Gasteiger partial charge in [0.15, 0.2) is 0 Å². The van der Waals surface area contributed by atoms with E-state index in [1.807, 2.05) is 0 Å². The minimum atomic E-state index is -0.244. The summed E-state index contributed by atoms with van der Waals surface area (Å²) in [7, 11) is 1.51. The predicted octanol–water partition coefficient (Wildman–Crippen LogP) is 1.40. The molecule has 0 saturated carbocycles. The van der Waals surface area contributed by atoms with Crippen molar-refractivity contribution in [3.05, 3.63) is 33.8 Å². The molecule has 0 aliphatic rings. The van der Waals surface area contributed by atoms with E-state index >= 15 is 0 Å². The number of carbonyl (C=O) groups excluding carboxylic acids is 2. The van der Waals surface area contributed by atoms with Crippen LogP contribution in [0.25, 0.3) is 0 Å². The second-order valence-electron chi connectivity index (χ2n) is 3.38. The van der Waals surface area contributed by atoms with Crippen molar-refractivity contribution in [2.24, 2.45) is 0 Å². The van der Waals surface area contributed by atoms with Crippen molar-refractivity contribution in [2.45, 2.75) is 6.42 Å². The van der Waals surface area contributed by atoms with Gasteiger partial charge < -0.3 is 10.6 Å². The number of likely N-dealkylation sites (N-methyl/N-ethyl adjacent to an activating group) is 1. The Morgan fingerprint density at radius 1 is 1.18 bits per heavy atom. The SMILES string of the molecule is CNC(=O)CNC(=O)Cc1ccc(Cl)c(Cl)c1. The van der Waals surface area contributed by atoms with E-state index in [0.29, 0.717) is 10.0 Å². The predicted molar refractivity (Wildman–Crippen MR) is 67.2 cm³/mol. The number of carbonyl (C=O) groups is 2. The van der Waals surface area contributed by atoms with Gasteiger partial charge in [0.2, 0.25) is 11.8 Å². The average Bonchev–Trinajstić information content (AvgIpc) is 2.31. The fourth-order valence-electron chi connectivity index (χ4n) is 1.16. The Balaban J connectivity index is 2.50. The first-order chi connectivity index (χ1) is 8.02. The van der Waals surface area contributed by atoms with Gasteiger partial charge in [-0.15, -0.1) is 0 Å². The summed E-state index contributed by atoms with van der Waals surface area (Å²) in [5.74, 6) is -0.487. The highest BCUT2D eigenvalue weighted by Gasteiger charge is 2.06. The van der Waals surface area contributed by atoms with Gasteiger partial charge in [0.25, 0.3) is 0 Å². The summed E-state index contributed by atoms with van der Waals surface area (Å²) in [6.45, 7) is -0.0311. The van der Waals surface area contributed by atoms with Crippen LogP contribution in [0.4, 0.5) is 0 Å². The number of nitrogens with one attached hydrogen (secondary N) is 2. The number of benzene rings is 1. The van der Waals surface area contributed by atoms with Gasteiger partial charge in [0.05, 0.1) is 23.0 Å². The summed E-state index contributed by atoms with van der Waals surface area (Å²) in [4.78, 5) is 22.4. The van der Waals surface area contributed by atoms with E-state index in [-0.39, 0.29) is 24.8 Å². The lowest BCUT2D eigenvalue weighted by Crippen LogP contribution is -2.35. The van der Waals surface area contributed by atoms with Crippen LogP contribution in [0.2, 0.25) is 10.0 Å². The third-order valence-corrected chi connectivity index (χ3v) is 2.81. The molecule has 1 aromatic rings. The Labute approximate surface area is 109 Å². The molecule has 2 amide bonds. The Kier molecular flexibility index (Phi) is 5.25. The van der Waals surface area contributed by atoms with Gasteiger partial charge in [-0.05, 0) is 17.7 Å². The molecular formula is C11H12Cl2N2O2. The minimum Gasteiger partial charge on any atom is -0.358 e. The minimum absolute atomic E-state index is 0.0311. The largest absolute Gasteiger partial charge is 0.358 e. The lowest BCUT2D eigenvalue weighted by molar-refractivity contribution is -0.125. The normalized spacial score (nSPS) is 9.82. The molecule has 0 atom stereocenters. The summed E-state index contributed by atoms with van der Waals surface area (Å²) >= 11 is 11.6. The lowest BCUT2D eigenvalue weighted by atomic mass is 10.1. The fourth-order valence-corrected chi connectivity index (χ4v) is 1.49. The zero-order chi connectivity index (χ0) is 12.8. The van der Waals surface area contributed by atoms with Crippen LogP contribution in [0, 0.1) is 0 Å². The van der Waals surface area contributed by atoms with E-state index < -0.39 is 0 Å². The molecule has 92 valence electrons. The third kappa shape index (κ3) is 4.63. The Hall–Kier alpha value is -1.26. The second-order valence-corrected chi connectivity index (χ2v) is 4.19. The molecule has 1 rings (SSSR count). The van der Waals surface area contributed by atoms with Crippen LogP contribution < -0.4 is 10.6 Å². The average molecular weight is 275 g/mol. The zero-order valence-electron chi connectivity index (χ0n) is 9.22. The highest BCUT2D eigenvalue weighted by Crippen LogP contribution is 2.22. The van der Waals surface area contributed by atoms with Crippen molar-refractivity contribution >= 4 is 35.0 Å². The Morgan fingerprint density at radius 3 is 2.47 bits per heavy atom. The van der Waals surface area contributed by atoms with E-state index in [4.69, 9.17) is 23.2 Å². The maximum Gasteiger partial charge on any atom is 0.239 e. The number of rotatable bonds is 4. The zero-order valence-corrected chi connectivity index (χ0v) is 10.7. The van der Waals surface area contributed by atoms with Crippen LogP contribution in [0.5, 0.6) is 0 Å². The molecule has 0 aliphatic carbocycles. The van der Waals surface area contributed by atoms with Crippen molar-refractivity contribution in [3.8, 4) is 0 Å². The molecule has 0 radical (unpaired) electrons. The molecule has 1 aromatic carbocycles. The molecule has 0 heterocycles. The summed E-state index contributed by atoms with van der Waals surface area (Å²) in [5.41, 5.74) is 0.744. The fraction of sp³-hybridized carbons (Fsp3) is 0.273. The molecule has 0 unspecified atom stereocenters. The van der Waals surface area contributed by atoms with E-state index in [1.165, 1.54) is 7.05 Å². The topological polar surface area (TPSA) is 58.2 Å². The Bertz CT molecular complexity index is 435. The molecule has 0 spiro atoms. The first kappa shape index (κ1) is 13.8. The molecular weight excluding hydrogens is 263 g/mol. The standard InChI is InChI=1S/C11H12Cl2N2O2/c1-14-11(17)6-15-10(16)5-7-2-3-8(12)9(13)4-7/h2-4H,5-6H2,1H3,(H,14,17)(H,15,16). The van der Waals surface area contributed by atoms with Crippen LogP contribution in [0.1, 0.15) is 5.56 Å². The molecule has 6 heteroatoms. The maximum atomic E-state index is 11.5. The van der Waals surface area contributed by atoms with Crippen molar-refractivity contribution in [1.29, 1.82) is 0 Å². The summed E-state index contributed by atoms with van der Waals surface area (Å²) in [6.07, 6.45) is 0.161. The summed E-state index contributed by atoms with van der Waals surface area (Å²) in [5, 5.41) is 5.75. The number of amides is 2. The third-order valence-electron chi connectivity index (χ3n) is 2.07. The van der Waals surface area contributed by atoms with Crippen molar-refractivity contribution in [1.82, 2.24) is 10.6 Å². The molecule has 0 fully saturated rings. The number of hydrogen-bond donors (Lipinski definition) is 2.